The number of esters is 1. The summed E-state index contributed by atoms with van der Waals surface area (Å²) in [5.74, 6) is -1.42. The van der Waals surface area contributed by atoms with Crippen LogP contribution in [0.1, 0.15) is 17.3 Å². The second-order valence-electron chi connectivity index (χ2n) is 3.45. The minimum Gasteiger partial charge on any atom is -0.465 e. The molecule has 0 saturated heterocycles. The van der Waals surface area contributed by atoms with E-state index in [0.717, 1.165) is 19.2 Å². The van der Waals surface area contributed by atoms with E-state index < -0.39 is 24.3 Å². The van der Waals surface area contributed by atoms with E-state index in [1.807, 2.05) is 0 Å². The van der Waals surface area contributed by atoms with Crippen molar-refractivity contribution in [1.29, 1.82) is 0 Å². The summed E-state index contributed by atoms with van der Waals surface area (Å²) in [5.41, 5.74) is 0.00560. The van der Waals surface area contributed by atoms with Crippen LogP contribution in [0.15, 0.2) is 18.2 Å². The Labute approximate surface area is 96.6 Å². The smallest absolute Gasteiger partial charge is 0.340 e. The van der Waals surface area contributed by atoms with Crippen molar-refractivity contribution < 1.29 is 22.7 Å². The van der Waals surface area contributed by atoms with Crippen molar-refractivity contribution in [1.82, 2.24) is 0 Å². The molecule has 0 aromatic heterocycles. The van der Waals surface area contributed by atoms with Gasteiger partial charge in [-0.1, -0.05) is 0 Å². The SMILES string of the molecule is COC(=O)c1cc(F)ccc1NC(C)C(F)F. The molecular weight excluding hydrogens is 235 g/mol. The van der Waals surface area contributed by atoms with Gasteiger partial charge in [-0.15, -0.1) is 0 Å². The van der Waals surface area contributed by atoms with Gasteiger partial charge in [0.05, 0.1) is 18.7 Å². The van der Waals surface area contributed by atoms with E-state index in [9.17, 15) is 18.0 Å². The molecule has 0 aliphatic rings. The van der Waals surface area contributed by atoms with Gasteiger partial charge >= 0.3 is 5.97 Å². The van der Waals surface area contributed by atoms with Gasteiger partial charge in [0.1, 0.15) is 5.82 Å². The lowest BCUT2D eigenvalue weighted by atomic mass is 10.1. The van der Waals surface area contributed by atoms with Gasteiger partial charge in [-0.2, -0.15) is 0 Å². The minimum atomic E-state index is -2.59. The number of hydrogen-bond donors (Lipinski definition) is 1. The first-order chi connectivity index (χ1) is 7.95. The first-order valence-corrected chi connectivity index (χ1v) is 4.88. The Morgan fingerprint density at radius 3 is 2.59 bits per heavy atom. The standard InChI is InChI=1S/C11H12F3NO2/c1-6(10(13)14)15-9-4-3-7(12)5-8(9)11(16)17-2/h3-6,10,15H,1-2H3. The van der Waals surface area contributed by atoms with Crippen LogP contribution in [0.5, 0.6) is 0 Å². The highest BCUT2D eigenvalue weighted by Gasteiger charge is 2.18. The molecule has 3 nitrogen and oxygen atoms in total. The molecule has 1 unspecified atom stereocenters. The summed E-state index contributed by atoms with van der Waals surface area (Å²) in [5, 5.41) is 2.43. The van der Waals surface area contributed by atoms with E-state index in [2.05, 4.69) is 10.1 Å². The Bertz CT molecular complexity index is 410. The first-order valence-electron chi connectivity index (χ1n) is 4.88. The Balaban J connectivity index is 3.02. The van der Waals surface area contributed by atoms with Crippen LogP contribution in [0.3, 0.4) is 0 Å². The highest BCUT2D eigenvalue weighted by molar-refractivity contribution is 5.95. The third kappa shape index (κ3) is 3.37. The molecule has 6 heteroatoms. The van der Waals surface area contributed by atoms with E-state index in [1.54, 1.807) is 0 Å². The zero-order chi connectivity index (χ0) is 13.0. The molecule has 0 spiro atoms. The van der Waals surface area contributed by atoms with Crippen molar-refractivity contribution in [2.24, 2.45) is 0 Å². The molecule has 94 valence electrons. The molecule has 1 N–H and O–H groups in total. The molecule has 1 rings (SSSR count). The van der Waals surface area contributed by atoms with Crippen molar-refractivity contribution in [3.63, 3.8) is 0 Å². The van der Waals surface area contributed by atoms with E-state index >= 15 is 0 Å². The summed E-state index contributed by atoms with van der Waals surface area (Å²) < 4.78 is 42.1. The number of carbonyl (C=O) groups excluding carboxylic acids is 1. The van der Waals surface area contributed by atoms with Crippen LogP contribution in [0, 0.1) is 5.82 Å². The van der Waals surface area contributed by atoms with Gasteiger partial charge in [0, 0.05) is 5.69 Å². The lowest BCUT2D eigenvalue weighted by Crippen LogP contribution is -2.25. The largest absolute Gasteiger partial charge is 0.465 e. The zero-order valence-electron chi connectivity index (χ0n) is 9.34. The number of rotatable bonds is 4. The second-order valence-corrected chi connectivity index (χ2v) is 3.45. The quantitative estimate of drug-likeness (QED) is 0.831. The molecule has 0 bridgehead atoms. The highest BCUT2D eigenvalue weighted by Crippen LogP contribution is 2.20. The summed E-state index contributed by atoms with van der Waals surface area (Å²) in [6.07, 6.45) is -2.59. The number of ether oxygens (including phenoxy) is 1. The summed E-state index contributed by atoms with van der Waals surface area (Å²) in [4.78, 5) is 11.3. The summed E-state index contributed by atoms with van der Waals surface area (Å²) in [6, 6.07) is 2.09. The van der Waals surface area contributed by atoms with Crippen LogP contribution in [0.25, 0.3) is 0 Å². The molecule has 0 amide bonds. The second kappa shape index (κ2) is 5.56. The molecule has 0 aliphatic heterocycles. The monoisotopic (exact) mass is 247 g/mol. The van der Waals surface area contributed by atoms with Crippen LogP contribution in [-0.2, 0) is 4.74 Å². The molecule has 1 aromatic rings. The first kappa shape index (κ1) is 13.3. The number of benzene rings is 1. The predicted molar refractivity (Wildman–Crippen MR) is 56.8 cm³/mol. The van der Waals surface area contributed by atoms with Crippen molar-refractivity contribution in [2.75, 3.05) is 12.4 Å². The number of halogens is 3. The number of nitrogens with one attached hydrogen (secondary N) is 1. The fourth-order valence-corrected chi connectivity index (χ4v) is 1.23. The van der Waals surface area contributed by atoms with Crippen LogP contribution < -0.4 is 5.32 Å². The Hall–Kier alpha value is -1.72. The average molecular weight is 247 g/mol. The van der Waals surface area contributed by atoms with Crippen LogP contribution in [0.2, 0.25) is 0 Å². The summed E-state index contributed by atoms with van der Waals surface area (Å²) >= 11 is 0. The van der Waals surface area contributed by atoms with E-state index in [0.29, 0.717) is 0 Å². The Kier molecular flexibility index (Phi) is 4.37. The van der Waals surface area contributed by atoms with Gasteiger partial charge in [-0.05, 0) is 25.1 Å². The lowest BCUT2D eigenvalue weighted by molar-refractivity contribution is 0.0600. The number of anilines is 1. The number of alkyl halides is 2. The molecule has 0 fully saturated rings. The molecule has 0 aliphatic carbocycles. The van der Waals surface area contributed by atoms with E-state index in [4.69, 9.17) is 0 Å². The predicted octanol–water partition coefficient (Wildman–Crippen LogP) is 2.68. The van der Waals surface area contributed by atoms with Crippen LogP contribution in [0.4, 0.5) is 18.9 Å². The zero-order valence-corrected chi connectivity index (χ0v) is 9.34. The minimum absolute atomic E-state index is 0.111. The van der Waals surface area contributed by atoms with Crippen molar-refractivity contribution in [3.05, 3.63) is 29.6 Å². The Morgan fingerprint density at radius 1 is 1.41 bits per heavy atom. The molecule has 1 atom stereocenters. The van der Waals surface area contributed by atoms with E-state index in [1.165, 1.54) is 13.0 Å². The van der Waals surface area contributed by atoms with Gasteiger partial charge in [0.25, 0.3) is 6.43 Å². The molecule has 1 aromatic carbocycles. The maximum Gasteiger partial charge on any atom is 0.340 e. The van der Waals surface area contributed by atoms with Crippen LogP contribution in [-0.4, -0.2) is 25.5 Å². The van der Waals surface area contributed by atoms with Crippen molar-refractivity contribution >= 4 is 11.7 Å². The molecule has 0 heterocycles. The third-order valence-electron chi connectivity index (χ3n) is 2.15. The maximum atomic E-state index is 13.0. The van der Waals surface area contributed by atoms with Gasteiger partial charge < -0.3 is 10.1 Å². The Morgan fingerprint density at radius 2 is 2.06 bits per heavy atom. The van der Waals surface area contributed by atoms with Crippen molar-refractivity contribution in [3.8, 4) is 0 Å². The molecule has 17 heavy (non-hydrogen) atoms. The van der Waals surface area contributed by atoms with Gasteiger partial charge in [-0.25, -0.2) is 18.0 Å². The number of carbonyl (C=O) groups is 1. The topological polar surface area (TPSA) is 38.3 Å². The summed E-state index contributed by atoms with van der Waals surface area (Å²) in [6.45, 7) is 1.26. The van der Waals surface area contributed by atoms with Crippen molar-refractivity contribution in [2.45, 2.75) is 19.4 Å². The number of hydrogen-bond acceptors (Lipinski definition) is 3. The third-order valence-corrected chi connectivity index (χ3v) is 2.15. The van der Waals surface area contributed by atoms with Gasteiger partial charge in [0.2, 0.25) is 0 Å². The fraction of sp³-hybridized carbons (Fsp3) is 0.364. The molecule has 0 saturated carbocycles. The molecular formula is C11H12F3NO2. The van der Waals surface area contributed by atoms with Gasteiger partial charge in [-0.3, -0.25) is 0 Å². The maximum absolute atomic E-state index is 13.0. The van der Waals surface area contributed by atoms with Crippen LogP contribution >= 0.6 is 0 Å². The average Bonchev–Trinajstić information content (AvgIpc) is 2.30. The normalized spacial score (nSPS) is 12.4. The molecule has 0 radical (unpaired) electrons. The van der Waals surface area contributed by atoms with E-state index in [-0.39, 0.29) is 11.3 Å². The van der Waals surface area contributed by atoms with Gasteiger partial charge in [0.15, 0.2) is 0 Å². The lowest BCUT2D eigenvalue weighted by Gasteiger charge is -2.16. The summed E-state index contributed by atoms with van der Waals surface area (Å²) in [7, 11) is 1.13. The fourth-order valence-electron chi connectivity index (χ4n) is 1.23. The number of methoxy groups -OCH3 is 1. The highest BCUT2D eigenvalue weighted by atomic mass is 19.3.